The Morgan fingerprint density at radius 1 is 1.18 bits per heavy atom. The number of nitrogens with zero attached hydrogens (tertiary/aromatic N) is 3. The Labute approximate surface area is 172 Å². The van der Waals surface area contributed by atoms with E-state index in [4.69, 9.17) is 12.2 Å². The number of fused-ring (bicyclic) bond motifs is 1. The van der Waals surface area contributed by atoms with Crippen molar-refractivity contribution in [2.45, 2.75) is 41.2 Å². The molecule has 0 aliphatic heterocycles. The van der Waals surface area contributed by atoms with E-state index >= 15 is 0 Å². The molecule has 1 aromatic heterocycles. The summed E-state index contributed by atoms with van der Waals surface area (Å²) in [5.74, 6) is 0.366. The molecule has 0 aliphatic rings. The minimum atomic E-state index is -0.124. The summed E-state index contributed by atoms with van der Waals surface area (Å²) in [5.41, 5.74) is 1.06. The van der Waals surface area contributed by atoms with Gasteiger partial charge in [0.25, 0.3) is 11.5 Å². The molecule has 0 unspecified atom stereocenters. The molecule has 0 radical (unpaired) electrons. The van der Waals surface area contributed by atoms with Crippen LogP contribution in [0, 0.1) is 10.7 Å². The molecule has 28 heavy (non-hydrogen) atoms. The molecule has 2 rings (SSSR count). The second-order valence-electron chi connectivity index (χ2n) is 7.41. The van der Waals surface area contributed by atoms with Gasteiger partial charge in [0, 0.05) is 31.7 Å². The first-order valence-electron chi connectivity index (χ1n) is 10.1. The first-order valence-corrected chi connectivity index (χ1v) is 10.5. The summed E-state index contributed by atoms with van der Waals surface area (Å²) in [4.78, 5) is 33.1. The van der Waals surface area contributed by atoms with Gasteiger partial charge in [-0.3, -0.25) is 14.2 Å². The Hall–Kier alpha value is -1.99. The Kier molecular flexibility index (Phi) is 7.95. The van der Waals surface area contributed by atoms with E-state index < -0.39 is 0 Å². The molecule has 0 spiro atoms. The third-order valence-electron chi connectivity index (χ3n) is 5.00. The number of hydrogen-bond donors (Lipinski definition) is 1. The molecule has 1 heterocycles. The van der Waals surface area contributed by atoms with E-state index in [0.29, 0.717) is 46.8 Å². The van der Waals surface area contributed by atoms with Gasteiger partial charge in [-0.15, -0.1) is 0 Å². The molecule has 0 bridgehead atoms. The number of aromatic amines is 1. The van der Waals surface area contributed by atoms with Crippen molar-refractivity contribution in [2.75, 3.05) is 32.7 Å². The molecule has 154 valence electrons. The number of carbonyl (C=O) groups is 1. The van der Waals surface area contributed by atoms with E-state index in [0.717, 1.165) is 19.6 Å². The van der Waals surface area contributed by atoms with Crippen LogP contribution in [0.5, 0.6) is 0 Å². The number of aromatic nitrogens is 2. The first kappa shape index (κ1) is 22.3. The molecular weight excluding hydrogens is 372 g/mol. The Morgan fingerprint density at radius 3 is 2.43 bits per heavy atom. The summed E-state index contributed by atoms with van der Waals surface area (Å²) in [6.07, 6.45) is 0. The van der Waals surface area contributed by atoms with Crippen molar-refractivity contribution in [3.8, 4) is 0 Å². The van der Waals surface area contributed by atoms with Crippen molar-refractivity contribution in [3.63, 3.8) is 0 Å². The quantitative estimate of drug-likeness (QED) is 0.650. The van der Waals surface area contributed by atoms with E-state index in [9.17, 15) is 9.59 Å². The van der Waals surface area contributed by atoms with Crippen LogP contribution in [0.15, 0.2) is 23.0 Å². The lowest BCUT2D eigenvalue weighted by Crippen LogP contribution is -2.40. The third kappa shape index (κ3) is 5.08. The highest BCUT2D eigenvalue weighted by molar-refractivity contribution is 7.71. The first-order chi connectivity index (χ1) is 13.3. The summed E-state index contributed by atoms with van der Waals surface area (Å²) in [5, 5.41) is 0.547. The van der Waals surface area contributed by atoms with Gasteiger partial charge < -0.3 is 14.8 Å². The molecule has 1 amide bonds. The molecule has 0 atom stereocenters. The maximum absolute atomic E-state index is 13.2. The van der Waals surface area contributed by atoms with Gasteiger partial charge in [0.05, 0.1) is 10.9 Å². The van der Waals surface area contributed by atoms with Crippen LogP contribution in [-0.4, -0.2) is 58.0 Å². The summed E-state index contributed by atoms with van der Waals surface area (Å²) < 4.78 is 1.90. The van der Waals surface area contributed by atoms with Crippen molar-refractivity contribution >= 4 is 29.0 Å². The predicted molar refractivity (Wildman–Crippen MR) is 118 cm³/mol. The number of carbonyl (C=O) groups excluding carboxylic acids is 1. The minimum absolute atomic E-state index is 0.0123. The number of amides is 1. The van der Waals surface area contributed by atoms with Crippen LogP contribution in [0.1, 0.15) is 45.0 Å². The Balaban J connectivity index is 2.36. The number of likely N-dealkylation sites (N-methyl/N-ethyl adjacent to an activating group) is 1. The summed E-state index contributed by atoms with van der Waals surface area (Å²) in [6, 6.07) is 5.22. The SMILES string of the molecule is CCN(CC)CCN(CC(C)C)C(=O)c1ccc2c(=O)n(CC)c(=S)[nH]c2c1. The maximum Gasteiger partial charge on any atom is 0.262 e. The fraction of sp³-hybridized carbons (Fsp3) is 0.571. The second-order valence-corrected chi connectivity index (χ2v) is 7.80. The van der Waals surface area contributed by atoms with Gasteiger partial charge in [-0.1, -0.05) is 27.7 Å². The topological polar surface area (TPSA) is 61.3 Å². The molecule has 6 nitrogen and oxygen atoms in total. The highest BCUT2D eigenvalue weighted by Gasteiger charge is 2.18. The monoisotopic (exact) mass is 404 g/mol. The lowest BCUT2D eigenvalue weighted by Gasteiger charge is -2.28. The van der Waals surface area contributed by atoms with Crippen molar-refractivity contribution in [1.29, 1.82) is 0 Å². The van der Waals surface area contributed by atoms with Gasteiger partial charge in [0.1, 0.15) is 0 Å². The zero-order valence-corrected chi connectivity index (χ0v) is 18.4. The predicted octanol–water partition coefficient (Wildman–Crippen LogP) is 3.52. The largest absolute Gasteiger partial charge is 0.337 e. The van der Waals surface area contributed by atoms with E-state index in [2.05, 4.69) is 37.6 Å². The summed E-state index contributed by atoms with van der Waals surface area (Å²) >= 11 is 5.29. The van der Waals surface area contributed by atoms with Gasteiger partial charge in [0.15, 0.2) is 4.77 Å². The minimum Gasteiger partial charge on any atom is -0.337 e. The fourth-order valence-corrected chi connectivity index (χ4v) is 3.70. The summed E-state index contributed by atoms with van der Waals surface area (Å²) in [6.45, 7) is 15.1. The number of hydrogen-bond acceptors (Lipinski definition) is 4. The molecule has 0 aliphatic carbocycles. The van der Waals surface area contributed by atoms with Crippen molar-refractivity contribution in [1.82, 2.24) is 19.4 Å². The molecular formula is C21H32N4O2S. The highest BCUT2D eigenvalue weighted by Crippen LogP contribution is 2.14. The van der Waals surface area contributed by atoms with Crippen molar-refractivity contribution in [2.24, 2.45) is 5.92 Å². The normalized spacial score (nSPS) is 11.5. The fourth-order valence-electron chi connectivity index (χ4n) is 3.38. The Bertz CT molecular complexity index is 928. The Morgan fingerprint density at radius 2 is 1.86 bits per heavy atom. The molecule has 1 aromatic carbocycles. The number of H-pyrrole nitrogens is 1. The van der Waals surface area contributed by atoms with Gasteiger partial charge >= 0.3 is 0 Å². The van der Waals surface area contributed by atoms with Crippen molar-refractivity contribution < 1.29 is 4.79 Å². The lowest BCUT2D eigenvalue weighted by molar-refractivity contribution is 0.0716. The number of benzene rings is 1. The smallest absolute Gasteiger partial charge is 0.262 e. The van der Waals surface area contributed by atoms with Crippen LogP contribution in [0.25, 0.3) is 10.9 Å². The van der Waals surface area contributed by atoms with Crippen LogP contribution >= 0.6 is 12.2 Å². The van der Waals surface area contributed by atoms with Crippen molar-refractivity contribution in [3.05, 3.63) is 38.9 Å². The molecule has 2 aromatic rings. The number of nitrogens with one attached hydrogen (secondary N) is 1. The second kappa shape index (κ2) is 9.98. The lowest BCUT2D eigenvalue weighted by atomic mass is 10.1. The van der Waals surface area contributed by atoms with Crippen LogP contribution in [0.2, 0.25) is 0 Å². The van der Waals surface area contributed by atoms with E-state index in [1.54, 1.807) is 18.2 Å². The summed E-state index contributed by atoms with van der Waals surface area (Å²) in [7, 11) is 0. The third-order valence-corrected chi connectivity index (χ3v) is 5.32. The molecule has 1 N–H and O–H groups in total. The number of rotatable bonds is 9. The average Bonchev–Trinajstić information content (AvgIpc) is 2.66. The molecule has 0 fully saturated rings. The van der Waals surface area contributed by atoms with E-state index in [1.165, 1.54) is 4.57 Å². The zero-order chi connectivity index (χ0) is 20.8. The van der Waals surface area contributed by atoms with Crippen LogP contribution in [0.4, 0.5) is 0 Å². The van der Waals surface area contributed by atoms with Gasteiger partial charge in [0.2, 0.25) is 0 Å². The van der Waals surface area contributed by atoms with E-state index in [-0.39, 0.29) is 11.5 Å². The van der Waals surface area contributed by atoms with E-state index in [1.807, 2.05) is 11.8 Å². The zero-order valence-electron chi connectivity index (χ0n) is 17.6. The molecule has 0 saturated carbocycles. The van der Waals surface area contributed by atoms with Gasteiger partial charge in [-0.2, -0.15) is 0 Å². The van der Waals surface area contributed by atoms with Gasteiger partial charge in [-0.05, 0) is 56.3 Å². The average molecular weight is 405 g/mol. The maximum atomic E-state index is 13.2. The standard InChI is InChI=1S/C21H32N4O2S/c1-6-23(7-2)11-12-24(14-15(4)5)19(26)16-9-10-17-18(13-16)22-21(28)25(8-3)20(17)27/h9-10,13,15H,6-8,11-12,14H2,1-5H3,(H,22,28). The van der Waals surface area contributed by atoms with Crippen LogP contribution in [-0.2, 0) is 6.54 Å². The van der Waals surface area contributed by atoms with Crippen LogP contribution in [0.3, 0.4) is 0 Å². The highest BCUT2D eigenvalue weighted by atomic mass is 32.1. The van der Waals surface area contributed by atoms with Crippen LogP contribution < -0.4 is 5.56 Å². The molecule has 7 heteroatoms. The molecule has 0 saturated heterocycles. The van der Waals surface area contributed by atoms with Gasteiger partial charge in [-0.25, -0.2) is 0 Å².